The summed E-state index contributed by atoms with van der Waals surface area (Å²) < 4.78 is 0. The van der Waals surface area contributed by atoms with Crippen LogP contribution in [-0.2, 0) is 10.8 Å². The minimum absolute atomic E-state index is 0.0987. The predicted octanol–water partition coefficient (Wildman–Crippen LogP) is 19.1. The standard InChI is InChI=1S/C72H51N/c1-71(2)66-30-15-13-28-62(66)64-42-37-53(46-68(64)71)52-21-17-26-58(45-52)73(59-40-43-65-63-29-14-16-31-67(63)72(69(65)47-59,55-22-5-3-6-23-55)56-24-7-4-8-25-56)57-38-34-50(35-39-57)61-41-36-49-19-11-12-27-60(49)70(61)54-33-32-48-18-9-10-20-51(48)44-54/h3-47H,1-2H3. The van der Waals surface area contributed by atoms with Gasteiger partial charge in [-0.1, -0.05) is 238 Å². The Morgan fingerprint density at radius 3 is 1.56 bits per heavy atom. The number of rotatable bonds is 8. The molecule has 0 heterocycles. The summed E-state index contributed by atoms with van der Waals surface area (Å²) in [7, 11) is 0. The monoisotopic (exact) mass is 929 g/mol. The van der Waals surface area contributed by atoms with E-state index in [1.807, 2.05) is 0 Å². The van der Waals surface area contributed by atoms with E-state index < -0.39 is 5.41 Å². The molecule has 0 atom stereocenters. The molecule has 0 aliphatic heterocycles. The fraction of sp³-hybridized carbons (Fsp3) is 0.0556. The van der Waals surface area contributed by atoms with Crippen molar-refractivity contribution in [1.82, 2.24) is 0 Å². The molecule has 0 spiro atoms. The van der Waals surface area contributed by atoms with E-state index in [2.05, 4.69) is 292 Å². The Labute approximate surface area is 428 Å². The number of nitrogens with zero attached hydrogens (tertiary/aromatic N) is 1. The van der Waals surface area contributed by atoms with Crippen LogP contribution >= 0.6 is 0 Å². The zero-order valence-electron chi connectivity index (χ0n) is 40.9. The van der Waals surface area contributed by atoms with E-state index in [1.54, 1.807) is 0 Å². The van der Waals surface area contributed by atoms with Gasteiger partial charge in [-0.25, -0.2) is 0 Å². The molecule has 0 unspecified atom stereocenters. The second-order valence-corrected chi connectivity index (χ2v) is 20.4. The largest absolute Gasteiger partial charge is 0.310 e. The normalized spacial score (nSPS) is 13.6. The van der Waals surface area contributed by atoms with Crippen molar-refractivity contribution in [2.75, 3.05) is 4.90 Å². The zero-order chi connectivity index (χ0) is 48.7. The van der Waals surface area contributed by atoms with Crippen molar-refractivity contribution in [3.63, 3.8) is 0 Å². The summed E-state index contributed by atoms with van der Waals surface area (Å²) in [6, 6.07) is 102. The molecule has 2 aliphatic carbocycles. The number of hydrogen-bond donors (Lipinski definition) is 0. The quantitative estimate of drug-likeness (QED) is 0.147. The maximum atomic E-state index is 2.48. The Morgan fingerprint density at radius 1 is 0.274 bits per heavy atom. The Balaban J connectivity index is 0.957. The van der Waals surface area contributed by atoms with Crippen molar-refractivity contribution in [2.24, 2.45) is 0 Å². The SMILES string of the molecule is CC1(C)c2ccccc2-c2ccc(-c3cccc(N(c4ccc(-c5ccc6ccccc6c5-c5ccc6ccccc6c5)cc4)c4ccc5c(c4)C(c4ccccc4)(c4ccccc4)c4ccccc4-5)c3)cc21. The van der Waals surface area contributed by atoms with Crippen LogP contribution in [-0.4, -0.2) is 0 Å². The third-order valence-corrected chi connectivity index (χ3v) is 16.1. The highest BCUT2D eigenvalue weighted by Crippen LogP contribution is 2.58. The summed E-state index contributed by atoms with van der Waals surface area (Å²) in [6.07, 6.45) is 0. The van der Waals surface area contributed by atoms with Gasteiger partial charge < -0.3 is 4.90 Å². The van der Waals surface area contributed by atoms with Crippen molar-refractivity contribution in [1.29, 1.82) is 0 Å². The first-order valence-electron chi connectivity index (χ1n) is 25.6. The molecule has 0 radical (unpaired) electrons. The third kappa shape index (κ3) is 6.69. The first-order valence-corrected chi connectivity index (χ1v) is 25.6. The van der Waals surface area contributed by atoms with Crippen LogP contribution in [0.2, 0.25) is 0 Å². The predicted molar refractivity (Wildman–Crippen MR) is 307 cm³/mol. The number of fused-ring (bicyclic) bond motifs is 8. The Bertz CT molecular complexity index is 4070. The van der Waals surface area contributed by atoms with Crippen LogP contribution in [0.25, 0.3) is 77.2 Å². The highest BCUT2D eigenvalue weighted by molar-refractivity contribution is 6.06. The lowest BCUT2D eigenvalue weighted by atomic mass is 9.67. The van der Waals surface area contributed by atoms with E-state index in [0.29, 0.717) is 0 Å². The highest BCUT2D eigenvalue weighted by Gasteiger charge is 2.46. The molecule has 0 fully saturated rings. The van der Waals surface area contributed by atoms with Crippen LogP contribution < -0.4 is 4.90 Å². The molecule has 12 aromatic rings. The number of benzene rings is 12. The molecule has 344 valence electrons. The van der Waals surface area contributed by atoms with E-state index in [4.69, 9.17) is 0 Å². The van der Waals surface area contributed by atoms with Crippen LogP contribution in [0, 0.1) is 0 Å². The minimum Gasteiger partial charge on any atom is -0.310 e. The van der Waals surface area contributed by atoms with Gasteiger partial charge in [0, 0.05) is 22.5 Å². The van der Waals surface area contributed by atoms with Gasteiger partial charge in [0.1, 0.15) is 0 Å². The van der Waals surface area contributed by atoms with Crippen molar-refractivity contribution in [3.8, 4) is 55.6 Å². The fourth-order valence-electron chi connectivity index (χ4n) is 12.7. The van der Waals surface area contributed by atoms with E-state index >= 15 is 0 Å². The lowest BCUT2D eigenvalue weighted by Gasteiger charge is -2.35. The van der Waals surface area contributed by atoms with Gasteiger partial charge in [-0.15, -0.1) is 0 Å². The maximum absolute atomic E-state index is 2.48. The fourth-order valence-corrected chi connectivity index (χ4v) is 12.7. The molecule has 1 nitrogen and oxygen atoms in total. The smallest absolute Gasteiger partial charge is 0.0714 e. The average Bonchev–Trinajstić information content (AvgIpc) is 3.88. The molecule has 1 heteroatoms. The van der Waals surface area contributed by atoms with Crippen LogP contribution in [0.15, 0.2) is 273 Å². The van der Waals surface area contributed by atoms with Gasteiger partial charge >= 0.3 is 0 Å². The summed E-state index contributed by atoms with van der Waals surface area (Å²) in [5.41, 5.74) is 22.9. The molecule has 0 amide bonds. The first kappa shape index (κ1) is 42.8. The summed E-state index contributed by atoms with van der Waals surface area (Å²) in [4.78, 5) is 2.47. The average molecular weight is 930 g/mol. The molecule has 0 saturated carbocycles. The van der Waals surface area contributed by atoms with Crippen molar-refractivity contribution < 1.29 is 0 Å². The van der Waals surface area contributed by atoms with Gasteiger partial charge in [0.25, 0.3) is 0 Å². The molecule has 14 rings (SSSR count). The minimum atomic E-state index is -0.536. The van der Waals surface area contributed by atoms with Crippen LogP contribution in [0.4, 0.5) is 17.1 Å². The molecule has 0 saturated heterocycles. The molecule has 73 heavy (non-hydrogen) atoms. The van der Waals surface area contributed by atoms with Gasteiger partial charge in [0.2, 0.25) is 0 Å². The zero-order valence-corrected chi connectivity index (χ0v) is 40.9. The summed E-state index contributed by atoms with van der Waals surface area (Å²) >= 11 is 0. The van der Waals surface area contributed by atoms with E-state index in [-0.39, 0.29) is 5.41 Å². The third-order valence-electron chi connectivity index (χ3n) is 16.1. The second-order valence-electron chi connectivity index (χ2n) is 20.4. The summed E-state index contributed by atoms with van der Waals surface area (Å²) in [5.74, 6) is 0. The van der Waals surface area contributed by atoms with Crippen molar-refractivity contribution in [2.45, 2.75) is 24.7 Å². The maximum Gasteiger partial charge on any atom is 0.0714 e. The molecule has 2 aliphatic rings. The van der Waals surface area contributed by atoms with E-state index in [0.717, 1.165) is 17.1 Å². The molecular formula is C72H51N. The topological polar surface area (TPSA) is 3.24 Å². The lowest BCUT2D eigenvalue weighted by Crippen LogP contribution is -2.28. The number of hydrogen-bond acceptors (Lipinski definition) is 1. The Kier molecular flexibility index (Phi) is 9.85. The van der Waals surface area contributed by atoms with Crippen molar-refractivity contribution >= 4 is 38.6 Å². The molecule has 0 bridgehead atoms. The summed E-state index contributed by atoms with van der Waals surface area (Å²) in [6.45, 7) is 4.73. The van der Waals surface area contributed by atoms with Gasteiger partial charge in [0.05, 0.1) is 5.41 Å². The first-order chi connectivity index (χ1) is 35.9. The molecule has 0 aromatic heterocycles. The lowest BCUT2D eigenvalue weighted by molar-refractivity contribution is 0.660. The molecular weight excluding hydrogens is 879 g/mol. The number of anilines is 3. The summed E-state index contributed by atoms with van der Waals surface area (Å²) in [5, 5.41) is 4.96. The van der Waals surface area contributed by atoms with Gasteiger partial charge in [-0.2, -0.15) is 0 Å². The molecule has 12 aromatic carbocycles. The van der Waals surface area contributed by atoms with Crippen LogP contribution in [0.5, 0.6) is 0 Å². The van der Waals surface area contributed by atoms with Gasteiger partial charge in [-0.3, -0.25) is 0 Å². The molecule has 0 N–H and O–H groups in total. The van der Waals surface area contributed by atoms with Gasteiger partial charge in [-0.05, 0) is 159 Å². The van der Waals surface area contributed by atoms with Crippen molar-refractivity contribution in [3.05, 3.63) is 306 Å². The Hall–Kier alpha value is -9.04. The van der Waals surface area contributed by atoms with E-state index in [1.165, 1.54) is 111 Å². The van der Waals surface area contributed by atoms with E-state index in [9.17, 15) is 0 Å². The second kappa shape index (κ2) is 16.8. The van der Waals surface area contributed by atoms with Crippen LogP contribution in [0.1, 0.15) is 47.2 Å². The van der Waals surface area contributed by atoms with Crippen LogP contribution in [0.3, 0.4) is 0 Å². The highest BCUT2D eigenvalue weighted by atomic mass is 15.1. The van der Waals surface area contributed by atoms with Gasteiger partial charge in [0.15, 0.2) is 0 Å². The Morgan fingerprint density at radius 2 is 0.795 bits per heavy atom.